The second kappa shape index (κ2) is 7.78. The number of pyridine rings is 1. The number of amides is 1. The lowest BCUT2D eigenvalue weighted by Crippen LogP contribution is -2.51. The number of rotatable bonds is 4. The summed E-state index contributed by atoms with van der Waals surface area (Å²) in [6, 6.07) is 12.7. The van der Waals surface area contributed by atoms with Gasteiger partial charge in [0.15, 0.2) is 5.65 Å². The van der Waals surface area contributed by atoms with Crippen LogP contribution in [-0.2, 0) is 14.9 Å². The van der Waals surface area contributed by atoms with Gasteiger partial charge in [0.25, 0.3) is 5.91 Å². The highest BCUT2D eigenvalue weighted by Crippen LogP contribution is 2.43. The predicted molar refractivity (Wildman–Crippen MR) is 129 cm³/mol. The monoisotopic (exact) mass is 475 g/mol. The number of aryl methyl sites for hydroxylation is 1. The number of hydrogen-bond acceptors (Lipinski definition) is 6. The molecule has 5 heterocycles. The SMILES string of the molecule is Cc1cc(N2CC[C@](C)(c3ccccc3)C2)cn2nc(C(=O)N3CC(C(=O)O)C4(COC4)C3)nc12. The van der Waals surface area contributed by atoms with Crippen LogP contribution in [0.2, 0.25) is 0 Å². The van der Waals surface area contributed by atoms with Crippen molar-refractivity contribution in [3.63, 3.8) is 0 Å². The van der Waals surface area contributed by atoms with Crippen molar-refractivity contribution in [2.75, 3.05) is 44.3 Å². The van der Waals surface area contributed by atoms with Gasteiger partial charge in [-0.1, -0.05) is 37.3 Å². The largest absolute Gasteiger partial charge is 0.481 e. The number of aromatic nitrogens is 3. The third-order valence-corrected chi connectivity index (χ3v) is 8.12. The summed E-state index contributed by atoms with van der Waals surface area (Å²) in [6.45, 7) is 7.37. The number of aliphatic carboxylic acids is 1. The molecule has 0 saturated carbocycles. The number of ether oxygens (including phenoxy) is 1. The molecule has 1 spiro atoms. The lowest BCUT2D eigenvalue weighted by atomic mass is 9.76. The first-order valence-corrected chi connectivity index (χ1v) is 12.1. The molecule has 3 fully saturated rings. The first-order valence-electron chi connectivity index (χ1n) is 12.1. The van der Waals surface area contributed by atoms with E-state index >= 15 is 0 Å². The van der Waals surface area contributed by atoms with Gasteiger partial charge < -0.3 is 19.6 Å². The van der Waals surface area contributed by atoms with Crippen molar-refractivity contribution in [1.29, 1.82) is 0 Å². The molecule has 1 N–H and O–H groups in total. The van der Waals surface area contributed by atoms with Crippen LogP contribution in [0.4, 0.5) is 5.69 Å². The molecule has 9 nitrogen and oxygen atoms in total. The Bertz CT molecular complexity index is 1320. The number of hydrogen-bond donors (Lipinski definition) is 1. The second-order valence-electron chi connectivity index (χ2n) is 10.6. The summed E-state index contributed by atoms with van der Waals surface area (Å²) >= 11 is 0. The molecule has 0 bridgehead atoms. The zero-order valence-electron chi connectivity index (χ0n) is 20.0. The zero-order chi connectivity index (χ0) is 24.4. The van der Waals surface area contributed by atoms with Crippen LogP contribution in [0.1, 0.15) is 35.1 Å². The topological polar surface area (TPSA) is 100 Å². The average Bonchev–Trinajstić information content (AvgIpc) is 3.54. The predicted octanol–water partition coefficient (Wildman–Crippen LogP) is 2.38. The van der Waals surface area contributed by atoms with Gasteiger partial charge in [-0.05, 0) is 30.5 Å². The Balaban J connectivity index is 1.25. The maximum absolute atomic E-state index is 13.3. The molecule has 6 rings (SSSR count). The fourth-order valence-electron chi connectivity index (χ4n) is 5.91. The van der Waals surface area contributed by atoms with Crippen molar-refractivity contribution >= 4 is 23.2 Å². The van der Waals surface area contributed by atoms with E-state index in [4.69, 9.17) is 4.74 Å². The van der Waals surface area contributed by atoms with E-state index in [1.807, 2.05) is 19.2 Å². The lowest BCUT2D eigenvalue weighted by molar-refractivity contribution is -0.164. The Morgan fingerprint density at radius 1 is 1.17 bits per heavy atom. The van der Waals surface area contributed by atoms with Gasteiger partial charge in [0.05, 0.1) is 31.0 Å². The number of likely N-dealkylation sites (tertiary alicyclic amines) is 1. The summed E-state index contributed by atoms with van der Waals surface area (Å²) in [5, 5.41) is 14.2. The molecule has 35 heavy (non-hydrogen) atoms. The zero-order valence-corrected chi connectivity index (χ0v) is 20.0. The Hall–Kier alpha value is -3.46. The van der Waals surface area contributed by atoms with Gasteiger partial charge in [-0.3, -0.25) is 9.59 Å². The van der Waals surface area contributed by atoms with Gasteiger partial charge in [0.1, 0.15) is 0 Å². The van der Waals surface area contributed by atoms with Crippen LogP contribution < -0.4 is 4.90 Å². The summed E-state index contributed by atoms with van der Waals surface area (Å²) in [6.07, 6.45) is 2.99. The van der Waals surface area contributed by atoms with Crippen LogP contribution in [0.3, 0.4) is 0 Å². The Morgan fingerprint density at radius 3 is 2.60 bits per heavy atom. The molecule has 3 aliphatic rings. The fraction of sp³-hybridized carbons (Fsp3) is 0.462. The summed E-state index contributed by atoms with van der Waals surface area (Å²) < 4.78 is 6.98. The minimum atomic E-state index is -0.889. The van der Waals surface area contributed by atoms with E-state index in [2.05, 4.69) is 52.2 Å². The second-order valence-corrected chi connectivity index (χ2v) is 10.6. The van der Waals surface area contributed by atoms with Crippen LogP contribution in [0, 0.1) is 18.3 Å². The summed E-state index contributed by atoms with van der Waals surface area (Å²) in [5.41, 5.74) is 3.55. The number of benzene rings is 1. The number of carbonyl (C=O) groups excluding carboxylic acids is 1. The molecule has 9 heteroatoms. The van der Waals surface area contributed by atoms with E-state index in [0.29, 0.717) is 25.4 Å². The maximum atomic E-state index is 13.3. The number of anilines is 1. The fourth-order valence-corrected chi connectivity index (χ4v) is 5.91. The molecule has 2 aromatic heterocycles. The minimum Gasteiger partial charge on any atom is -0.481 e. The summed E-state index contributed by atoms with van der Waals surface area (Å²) in [4.78, 5) is 33.5. The smallest absolute Gasteiger partial charge is 0.309 e. The van der Waals surface area contributed by atoms with Crippen molar-refractivity contribution in [2.24, 2.45) is 11.3 Å². The van der Waals surface area contributed by atoms with Gasteiger partial charge in [-0.2, -0.15) is 0 Å². The molecule has 0 aliphatic carbocycles. The molecule has 3 aromatic rings. The lowest BCUT2D eigenvalue weighted by Gasteiger charge is -2.40. The van der Waals surface area contributed by atoms with Crippen molar-refractivity contribution in [3.8, 4) is 0 Å². The van der Waals surface area contributed by atoms with E-state index in [9.17, 15) is 14.7 Å². The molecular formula is C26H29N5O4. The van der Waals surface area contributed by atoms with Crippen molar-refractivity contribution in [3.05, 3.63) is 59.5 Å². The van der Waals surface area contributed by atoms with E-state index < -0.39 is 17.3 Å². The molecule has 0 radical (unpaired) electrons. The molecule has 3 aliphatic heterocycles. The van der Waals surface area contributed by atoms with Crippen molar-refractivity contribution in [2.45, 2.75) is 25.7 Å². The maximum Gasteiger partial charge on any atom is 0.309 e. The van der Waals surface area contributed by atoms with E-state index in [0.717, 1.165) is 30.8 Å². The van der Waals surface area contributed by atoms with Gasteiger partial charge in [0.2, 0.25) is 5.82 Å². The van der Waals surface area contributed by atoms with Crippen LogP contribution in [0.5, 0.6) is 0 Å². The average molecular weight is 476 g/mol. The van der Waals surface area contributed by atoms with Crippen LogP contribution in [0.25, 0.3) is 5.65 Å². The summed E-state index contributed by atoms with van der Waals surface area (Å²) in [5.74, 6) is -1.75. The van der Waals surface area contributed by atoms with Gasteiger partial charge in [0, 0.05) is 37.0 Å². The molecule has 1 unspecified atom stereocenters. The normalized spacial score (nSPS) is 25.4. The Labute approximate surface area is 203 Å². The highest BCUT2D eigenvalue weighted by atomic mass is 16.5. The molecule has 3 saturated heterocycles. The van der Waals surface area contributed by atoms with Crippen LogP contribution >= 0.6 is 0 Å². The molecule has 1 aromatic carbocycles. The number of carboxylic acid groups (broad SMARTS) is 1. The number of carbonyl (C=O) groups is 2. The third-order valence-electron chi connectivity index (χ3n) is 8.12. The molecular weight excluding hydrogens is 446 g/mol. The highest BCUT2D eigenvalue weighted by Gasteiger charge is 2.56. The Kier molecular flexibility index (Phi) is 4.90. The summed E-state index contributed by atoms with van der Waals surface area (Å²) in [7, 11) is 0. The minimum absolute atomic E-state index is 0.0746. The van der Waals surface area contributed by atoms with Crippen LogP contribution in [0.15, 0.2) is 42.6 Å². The van der Waals surface area contributed by atoms with Crippen molar-refractivity contribution in [1.82, 2.24) is 19.5 Å². The van der Waals surface area contributed by atoms with E-state index in [1.54, 1.807) is 9.42 Å². The first-order chi connectivity index (χ1) is 16.8. The molecule has 2 atom stereocenters. The van der Waals surface area contributed by atoms with Crippen LogP contribution in [-0.4, -0.2) is 75.9 Å². The molecule has 182 valence electrons. The third kappa shape index (κ3) is 3.48. The van der Waals surface area contributed by atoms with Crippen molar-refractivity contribution < 1.29 is 19.4 Å². The van der Waals surface area contributed by atoms with Gasteiger partial charge in [-0.25, -0.2) is 9.50 Å². The molecule has 1 amide bonds. The van der Waals surface area contributed by atoms with Gasteiger partial charge in [-0.15, -0.1) is 5.10 Å². The number of carboxylic acids is 1. The van der Waals surface area contributed by atoms with E-state index in [1.165, 1.54) is 5.56 Å². The first kappa shape index (κ1) is 22.0. The van der Waals surface area contributed by atoms with Gasteiger partial charge >= 0.3 is 5.97 Å². The highest BCUT2D eigenvalue weighted by molar-refractivity contribution is 5.92. The quantitative estimate of drug-likeness (QED) is 0.618. The van der Waals surface area contributed by atoms with E-state index in [-0.39, 0.29) is 23.7 Å². The standard InChI is InChI=1S/C26H29N5O4/c1-17-10-19(29-9-8-25(2,13-29)18-6-4-3-5-7-18)11-31-22(17)27-21(28-31)23(32)30-12-20(24(33)34)26(14-30)15-35-16-26/h3-7,10-11,20H,8-9,12-16H2,1-2H3,(H,33,34)/t20?,25-/m0/s1. The number of nitrogens with zero attached hydrogens (tertiary/aromatic N) is 5. The number of fused-ring (bicyclic) bond motifs is 1. The Morgan fingerprint density at radius 2 is 1.94 bits per heavy atom.